The normalized spacial score (nSPS) is 12.5. The molecule has 1 amide bonds. The Hall–Kier alpha value is -2.97. The zero-order valence-corrected chi connectivity index (χ0v) is 13.0. The Morgan fingerprint density at radius 2 is 1.65 bits per heavy atom. The Bertz CT molecular complexity index is 818. The van der Waals surface area contributed by atoms with Gasteiger partial charge in [0.1, 0.15) is 6.04 Å². The summed E-state index contributed by atoms with van der Waals surface area (Å²) in [6.45, 7) is 0. The molecular weight excluding hydrogens is 361 g/mol. The van der Waals surface area contributed by atoms with Crippen LogP contribution in [0.1, 0.15) is 21.5 Å². The van der Waals surface area contributed by atoms with Crippen molar-refractivity contribution in [1.29, 1.82) is 0 Å². The second-order valence-electron chi connectivity index (χ2n) is 5.36. The minimum Gasteiger partial charge on any atom is -0.480 e. The minimum atomic E-state index is -4.53. The van der Waals surface area contributed by atoms with Crippen LogP contribution in [0.15, 0.2) is 42.5 Å². The first-order valence-corrected chi connectivity index (χ1v) is 7.23. The average molecular weight is 373 g/mol. The molecule has 4 nitrogen and oxygen atoms in total. The monoisotopic (exact) mass is 373 g/mol. The Labute approximate surface area is 144 Å². The van der Waals surface area contributed by atoms with Gasteiger partial charge < -0.3 is 10.4 Å². The largest absolute Gasteiger partial charge is 0.480 e. The molecule has 26 heavy (non-hydrogen) atoms. The molecule has 0 heterocycles. The van der Waals surface area contributed by atoms with Gasteiger partial charge in [-0.1, -0.05) is 18.2 Å². The predicted molar refractivity (Wildman–Crippen MR) is 80.4 cm³/mol. The number of carboxylic acid groups (broad SMARTS) is 1. The summed E-state index contributed by atoms with van der Waals surface area (Å²) in [5.74, 6) is -5.33. The number of nitrogens with one attached hydrogen (secondary N) is 1. The summed E-state index contributed by atoms with van der Waals surface area (Å²) in [5, 5.41) is 11.2. The summed E-state index contributed by atoms with van der Waals surface area (Å²) >= 11 is 0. The highest BCUT2D eigenvalue weighted by Gasteiger charge is 2.30. The van der Waals surface area contributed by atoms with Crippen LogP contribution in [-0.2, 0) is 17.4 Å². The standard InChI is InChI=1S/C17H12F5NO3/c18-12-3-1-2-11(14(12)19)15(24)23-13(16(25)26)8-9-4-6-10(7-5-9)17(20,21)22/h1-7,13H,8H2,(H,23,24)(H,25,26)/t13-/m0/s1. The Balaban J connectivity index is 2.15. The third-order valence-electron chi connectivity index (χ3n) is 3.52. The van der Waals surface area contributed by atoms with Crippen molar-refractivity contribution in [3.63, 3.8) is 0 Å². The Kier molecular flexibility index (Phi) is 5.59. The summed E-state index contributed by atoms with van der Waals surface area (Å²) in [6, 6.07) is 5.03. The molecule has 9 heteroatoms. The van der Waals surface area contributed by atoms with E-state index in [2.05, 4.69) is 0 Å². The minimum absolute atomic E-state index is 0.213. The van der Waals surface area contributed by atoms with Crippen molar-refractivity contribution in [2.45, 2.75) is 18.6 Å². The van der Waals surface area contributed by atoms with Crippen molar-refractivity contribution < 1.29 is 36.6 Å². The van der Waals surface area contributed by atoms with Gasteiger partial charge in [0.05, 0.1) is 11.1 Å². The molecule has 2 rings (SSSR count). The SMILES string of the molecule is O=C(N[C@@H](Cc1ccc(C(F)(F)F)cc1)C(=O)O)c1cccc(F)c1F. The molecule has 0 aliphatic rings. The summed E-state index contributed by atoms with van der Waals surface area (Å²) in [4.78, 5) is 23.3. The van der Waals surface area contributed by atoms with Crippen LogP contribution in [0.2, 0.25) is 0 Å². The van der Waals surface area contributed by atoms with Gasteiger partial charge in [-0.05, 0) is 29.8 Å². The van der Waals surface area contributed by atoms with E-state index in [0.29, 0.717) is 0 Å². The second-order valence-corrected chi connectivity index (χ2v) is 5.36. The molecule has 0 saturated heterocycles. The first-order valence-electron chi connectivity index (χ1n) is 7.23. The van der Waals surface area contributed by atoms with Gasteiger partial charge in [0, 0.05) is 6.42 Å². The molecule has 0 aromatic heterocycles. The van der Waals surface area contributed by atoms with Gasteiger partial charge in [-0.2, -0.15) is 13.2 Å². The topological polar surface area (TPSA) is 66.4 Å². The van der Waals surface area contributed by atoms with Crippen LogP contribution in [0.4, 0.5) is 22.0 Å². The first kappa shape index (κ1) is 19.4. The lowest BCUT2D eigenvalue weighted by Gasteiger charge is -2.15. The fraction of sp³-hybridized carbons (Fsp3) is 0.176. The van der Waals surface area contributed by atoms with E-state index >= 15 is 0 Å². The van der Waals surface area contributed by atoms with Crippen LogP contribution in [0, 0.1) is 11.6 Å². The van der Waals surface area contributed by atoms with Crippen molar-refractivity contribution >= 4 is 11.9 Å². The molecule has 0 unspecified atom stereocenters. The van der Waals surface area contributed by atoms with Gasteiger partial charge in [-0.25, -0.2) is 13.6 Å². The highest BCUT2D eigenvalue weighted by atomic mass is 19.4. The smallest absolute Gasteiger partial charge is 0.416 e. The molecule has 2 aromatic rings. The number of rotatable bonds is 5. The maximum absolute atomic E-state index is 13.6. The molecule has 0 saturated carbocycles. The summed E-state index contributed by atoms with van der Waals surface area (Å²) < 4.78 is 64.3. The number of alkyl halides is 3. The number of carbonyl (C=O) groups is 2. The van der Waals surface area contributed by atoms with Crippen LogP contribution in [0.25, 0.3) is 0 Å². The fourth-order valence-corrected chi connectivity index (χ4v) is 2.18. The van der Waals surface area contributed by atoms with E-state index in [0.717, 1.165) is 42.5 Å². The molecular formula is C17H12F5NO3. The predicted octanol–water partition coefficient (Wildman–Crippen LogP) is 3.41. The number of hydrogen-bond acceptors (Lipinski definition) is 2. The zero-order chi connectivity index (χ0) is 19.5. The van der Waals surface area contributed by atoms with Crippen molar-refractivity contribution in [1.82, 2.24) is 5.32 Å². The lowest BCUT2D eigenvalue weighted by molar-refractivity contribution is -0.139. The maximum atomic E-state index is 13.6. The van der Waals surface area contributed by atoms with Gasteiger partial charge in [-0.15, -0.1) is 0 Å². The molecule has 0 radical (unpaired) electrons. The number of benzene rings is 2. The van der Waals surface area contributed by atoms with E-state index in [-0.39, 0.29) is 12.0 Å². The van der Waals surface area contributed by atoms with Crippen LogP contribution < -0.4 is 5.32 Å². The third-order valence-corrected chi connectivity index (χ3v) is 3.52. The lowest BCUT2D eigenvalue weighted by atomic mass is 10.0. The van der Waals surface area contributed by atoms with E-state index in [1.165, 1.54) is 0 Å². The van der Waals surface area contributed by atoms with Gasteiger partial charge in [0.2, 0.25) is 0 Å². The van der Waals surface area contributed by atoms with Crippen LogP contribution in [0.5, 0.6) is 0 Å². The molecule has 0 aliphatic heterocycles. The number of aliphatic carboxylic acids is 1. The van der Waals surface area contributed by atoms with E-state index in [4.69, 9.17) is 0 Å². The summed E-state index contributed by atoms with van der Waals surface area (Å²) in [6.07, 6.45) is -4.87. The van der Waals surface area contributed by atoms with E-state index in [1.54, 1.807) is 0 Å². The summed E-state index contributed by atoms with van der Waals surface area (Å²) in [7, 11) is 0. The van der Waals surface area contributed by atoms with Crippen LogP contribution in [-0.4, -0.2) is 23.0 Å². The van der Waals surface area contributed by atoms with Crippen molar-refractivity contribution in [3.05, 3.63) is 70.8 Å². The van der Waals surface area contributed by atoms with Crippen LogP contribution >= 0.6 is 0 Å². The van der Waals surface area contributed by atoms with Gasteiger partial charge in [0.25, 0.3) is 5.91 Å². The van der Waals surface area contributed by atoms with Crippen molar-refractivity contribution in [2.24, 2.45) is 0 Å². The highest BCUT2D eigenvalue weighted by Crippen LogP contribution is 2.29. The Morgan fingerprint density at radius 1 is 1.04 bits per heavy atom. The Morgan fingerprint density at radius 3 is 2.19 bits per heavy atom. The second kappa shape index (κ2) is 7.51. The molecule has 2 N–H and O–H groups in total. The number of carboxylic acids is 1. The number of amides is 1. The molecule has 0 bridgehead atoms. The molecule has 1 atom stereocenters. The number of halogens is 5. The first-order chi connectivity index (χ1) is 12.1. The molecule has 0 spiro atoms. The average Bonchev–Trinajstić information content (AvgIpc) is 2.56. The van der Waals surface area contributed by atoms with Gasteiger partial charge in [0.15, 0.2) is 11.6 Å². The van der Waals surface area contributed by atoms with Gasteiger partial charge in [-0.3, -0.25) is 4.79 Å². The quantitative estimate of drug-likeness (QED) is 0.790. The molecule has 0 aliphatic carbocycles. The number of hydrogen-bond donors (Lipinski definition) is 2. The van der Waals surface area contributed by atoms with Gasteiger partial charge >= 0.3 is 12.1 Å². The van der Waals surface area contributed by atoms with Crippen LogP contribution in [0.3, 0.4) is 0 Å². The molecule has 2 aromatic carbocycles. The van der Waals surface area contributed by atoms with E-state index < -0.39 is 46.9 Å². The lowest BCUT2D eigenvalue weighted by Crippen LogP contribution is -2.42. The summed E-state index contributed by atoms with van der Waals surface area (Å²) in [5.41, 5.74) is -1.37. The van der Waals surface area contributed by atoms with Crippen molar-refractivity contribution in [2.75, 3.05) is 0 Å². The fourth-order valence-electron chi connectivity index (χ4n) is 2.18. The molecule has 0 fully saturated rings. The molecule has 138 valence electrons. The number of carbonyl (C=O) groups excluding carboxylic acids is 1. The van der Waals surface area contributed by atoms with E-state index in [1.807, 2.05) is 5.32 Å². The zero-order valence-electron chi connectivity index (χ0n) is 13.0. The maximum Gasteiger partial charge on any atom is 0.416 e. The van der Waals surface area contributed by atoms with Crippen molar-refractivity contribution in [3.8, 4) is 0 Å². The highest BCUT2D eigenvalue weighted by molar-refractivity contribution is 5.96. The third kappa shape index (κ3) is 4.56. The van der Waals surface area contributed by atoms with E-state index in [9.17, 15) is 36.6 Å².